The smallest absolute Gasteiger partial charge is 0.291 e. The number of hydrogen-bond acceptors (Lipinski definition) is 5. The van der Waals surface area contributed by atoms with Gasteiger partial charge in [0.2, 0.25) is 5.76 Å². The van der Waals surface area contributed by atoms with E-state index in [9.17, 15) is 4.79 Å². The van der Waals surface area contributed by atoms with Gasteiger partial charge >= 0.3 is 0 Å². The molecule has 0 aromatic carbocycles. The van der Waals surface area contributed by atoms with Crippen LogP contribution in [0.3, 0.4) is 0 Å². The molecule has 24 heavy (non-hydrogen) atoms. The quantitative estimate of drug-likeness (QED) is 0.824. The second-order valence-electron chi connectivity index (χ2n) is 7.91. The Kier molecular flexibility index (Phi) is 4.12. The van der Waals surface area contributed by atoms with E-state index in [4.69, 9.17) is 9.15 Å². The van der Waals surface area contributed by atoms with Crippen molar-refractivity contribution in [2.24, 2.45) is 11.8 Å². The van der Waals surface area contributed by atoms with Crippen LogP contribution in [0.4, 0.5) is 0 Å². The third kappa shape index (κ3) is 2.97. The molecule has 6 nitrogen and oxygen atoms in total. The standard InChI is InChI=1S/C18H27N3O3/c1-13-16(24-12-19-13)17(22)21-10-18(11-21)7-15(5-6-20(18)2)9-23-8-14-3-4-14/h12,14-15H,3-11H2,1-2H3/t15-/m1/s1. The minimum atomic E-state index is -0.0314. The summed E-state index contributed by atoms with van der Waals surface area (Å²) in [6.07, 6.45) is 6.34. The monoisotopic (exact) mass is 333 g/mol. The van der Waals surface area contributed by atoms with Gasteiger partial charge in [-0.2, -0.15) is 0 Å². The number of rotatable bonds is 5. The van der Waals surface area contributed by atoms with Gasteiger partial charge in [0, 0.05) is 26.3 Å². The molecule has 132 valence electrons. The van der Waals surface area contributed by atoms with Crippen LogP contribution in [0.5, 0.6) is 0 Å². The van der Waals surface area contributed by atoms with E-state index in [1.807, 2.05) is 11.8 Å². The van der Waals surface area contributed by atoms with Crippen LogP contribution in [0, 0.1) is 18.8 Å². The molecular formula is C18H27N3O3. The number of aromatic nitrogens is 1. The Morgan fingerprint density at radius 2 is 2.08 bits per heavy atom. The van der Waals surface area contributed by atoms with E-state index in [2.05, 4.69) is 16.9 Å². The molecule has 3 aliphatic rings. The summed E-state index contributed by atoms with van der Waals surface area (Å²) in [7, 11) is 2.18. The molecule has 1 atom stereocenters. The van der Waals surface area contributed by atoms with Crippen molar-refractivity contribution >= 4 is 5.91 Å². The lowest BCUT2D eigenvalue weighted by molar-refractivity contribution is -0.0768. The molecule has 0 unspecified atom stereocenters. The van der Waals surface area contributed by atoms with Crippen molar-refractivity contribution < 1.29 is 13.9 Å². The molecule has 0 N–H and O–H groups in total. The Hall–Kier alpha value is -1.40. The Bertz CT molecular complexity index is 604. The highest BCUT2D eigenvalue weighted by molar-refractivity contribution is 5.93. The minimum absolute atomic E-state index is 0.0314. The zero-order chi connectivity index (χ0) is 16.7. The number of amides is 1. The van der Waals surface area contributed by atoms with E-state index in [1.54, 1.807) is 0 Å². The van der Waals surface area contributed by atoms with Crippen molar-refractivity contribution in [2.45, 2.75) is 38.1 Å². The Labute approximate surface area is 143 Å². The van der Waals surface area contributed by atoms with Gasteiger partial charge in [-0.1, -0.05) is 0 Å². The molecular weight excluding hydrogens is 306 g/mol. The summed E-state index contributed by atoms with van der Waals surface area (Å²) in [6.45, 7) is 6.27. The van der Waals surface area contributed by atoms with Crippen LogP contribution >= 0.6 is 0 Å². The predicted octanol–water partition coefficient (Wildman–Crippen LogP) is 1.95. The van der Waals surface area contributed by atoms with Crippen molar-refractivity contribution in [2.75, 3.05) is 39.9 Å². The van der Waals surface area contributed by atoms with E-state index in [0.29, 0.717) is 17.4 Å². The van der Waals surface area contributed by atoms with Crippen LogP contribution in [-0.4, -0.2) is 66.1 Å². The number of oxazole rings is 1. The largest absolute Gasteiger partial charge is 0.438 e. The summed E-state index contributed by atoms with van der Waals surface area (Å²) in [6, 6.07) is 0. The zero-order valence-corrected chi connectivity index (χ0v) is 14.7. The lowest BCUT2D eigenvalue weighted by Gasteiger charge is -2.58. The molecule has 0 radical (unpaired) electrons. The Morgan fingerprint density at radius 3 is 2.75 bits per heavy atom. The first-order valence-corrected chi connectivity index (χ1v) is 9.06. The van der Waals surface area contributed by atoms with Gasteiger partial charge in [-0.05, 0) is 58.0 Å². The second kappa shape index (κ2) is 6.15. The maximum atomic E-state index is 12.5. The first kappa shape index (κ1) is 16.1. The van der Waals surface area contributed by atoms with Crippen LogP contribution < -0.4 is 0 Å². The van der Waals surface area contributed by atoms with Crippen molar-refractivity contribution in [1.82, 2.24) is 14.8 Å². The van der Waals surface area contributed by atoms with Crippen molar-refractivity contribution in [3.63, 3.8) is 0 Å². The number of carbonyl (C=O) groups is 1. The summed E-state index contributed by atoms with van der Waals surface area (Å²) < 4.78 is 11.2. The summed E-state index contributed by atoms with van der Waals surface area (Å²) >= 11 is 0. The van der Waals surface area contributed by atoms with Crippen molar-refractivity contribution in [3.05, 3.63) is 17.8 Å². The molecule has 1 spiro atoms. The third-order valence-electron chi connectivity index (χ3n) is 5.95. The Morgan fingerprint density at radius 1 is 1.33 bits per heavy atom. The molecule has 1 amide bonds. The molecule has 3 heterocycles. The first-order chi connectivity index (χ1) is 11.6. The SMILES string of the molecule is Cc1ncoc1C(=O)N1CC2(C[C@H](COCC3CC3)CCN2C)C1. The second-order valence-corrected chi connectivity index (χ2v) is 7.91. The van der Waals surface area contributed by atoms with Gasteiger partial charge in [-0.3, -0.25) is 9.69 Å². The van der Waals surface area contributed by atoms with Crippen molar-refractivity contribution in [3.8, 4) is 0 Å². The summed E-state index contributed by atoms with van der Waals surface area (Å²) in [5.74, 6) is 1.79. The van der Waals surface area contributed by atoms with Gasteiger partial charge in [0.1, 0.15) is 0 Å². The average Bonchev–Trinajstić information content (AvgIpc) is 3.25. The molecule has 1 aliphatic carbocycles. The number of nitrogens with zero attached hydrogens (tertiary/aromatic N) is 3. The highest BCUT2D eigenvalue weighted by atomic mass is 16.5. The summed E-state index contributed by atoms with van der Waals surface area (Å²) in [5.41, 5.74) is 0.791. The number of likely N-dealkylation sites (tertiary alicyclic amines) is 2. The predicted molar refractivity (Wildman–Crippen MR) is 88.8 cm³/mol. The first-order valence-electron chi connectivity index (χ1n) is 9.06. The number of aryl methyl sites for hydroxylation is 1. The molecule has 0 bridgehead atoms. The van der Waals surface area contributed by atoms with Gasteiger partial charge in [0.25, 0.3) is 5.91 Å². The van der Waals surface area contributed by atoms with Gasteiger partial charge < -0.3 is 14.1 Å². The lowest BCUT2D eigenvalue weighted by atomic mass is 9.75. The van der Waals surface area contributed by atoms with Gasteiger partial charge in [0.15, 0.2) is 6.39 Å². The maximum absolute atomic E-state index is 12.5. The molecule has 4 rings (SSSR count). The maximum Gasteiger partial charge on any atom is 0.291 e. The van der Waals surface area contributed by atoms with E-state index >= 15 is 0 Å². The summed E-state index contributed by atoms with van der Waals surface area (Å²) in [5, 5.41) is 0. The number of carbonyl (C=O) groups excluding carboxylic acids is 1. The van der Waals surface area contributed by atoms with Crippen LogP contribution in [-0.2, 0) is 4.74 Å². The fourth-order valence-electron chi connectivity index (χ4n) is 4.07. The van der Waals surface area contributed by atoms with Crippen LogP contribution in [0.2, 0.25) is 0 Å². The van der Waals surface area contributed by atoms with E-state index < -0.39 is 0 Å². The fourth-order valence-corrected chi connectivity index (χ4v) is 4.07. The number of likely N-dealkylation sites (N-methyl/N-ethyl adjacent to an activating group) is 1. The average molecular weight is 333 g/mol. The third-order valence-corrected chi connectivity index (χ3v) is 5.95. The van der Waals surface area contributed by atoms with Gasteiger partial charge in [-0.15, -0.1) is 0 Å². The van der Waals surface area contributed by atoms with Gasteiger partial charge in [-0.25, -0.2) is 4.98 Å². The van der Waals surface area contributed by atoms with Crippen LogP contribution in [0.15, 0.2) is 10.8 Å². The summed E-state index contributed by atoms with van der Waals surface area (Å²) in [4.78, 5) is 20.9. The molecule has 1 aromatic rings. The molecule has 3 fully saturated rings. The molecule has 6 heteroatoms. The van der Waals surface area contributed by atoms with Crippen molar-refractivity contribution in [1.29, 1.82) is 0 Å². The number of hydrogen-bond donors (Lipinski definition) is 0. The number of ether oxygens (including phenoxy) is 1. The minimum Gasteiger partial charge on any atom is -0.438 e. The number of piperidine rings is 1. The molecule has 1 saturated carbocycles. The highest BCUT2D eigenvalue weighted by Crippen LogP contribution is 2.39. The van der Waals surface area contributed by atoms with Crippen LogP contribution in [0.25, 0.3) is 0 Å². The molecule has 2 aliphatic heterocycles. The van der Waals surface area contributed by atoms with E-state index in [0.717, 1.165) is 45.2 Å². The normalized spacial score (nSPS) is 26.6. The zero-order valence-electron chi connectivity index (χ0n) is 14.7. The highest BCUT2D eigenvalue weighted by Gasteiger charge is 2.51. The van der Waals surface area contributed by atoms with E-state index in [1.165, 1.54) is 25.7 Å². The fraction of sp³-hybridized carbons (Fsp3) is 0.778. The molecule has 1 aromatic heterocycles. The topological polar surface area (TPSA) is 58.8 Å². The van der Waals surface area contributed by atoms with Crippen LogP contribution in [0.1, 0.15) is 41.9 Å². The lowest BCUT2D eigenvalue weighted by Crippen LogP contribution is -2.72. The van der Waals surface area contributed by atoms with E-state index in [-0.39, 0.29) is 11.4 Å². The molecule has 2 saturated heterocycles. The Balaban J connectivity index is 1.33. The van der Waals surface area contributed by atoms with Gasteiger partial charge in [0.05, 0.1) is 11.2 Å².